The lowest BCUT2D eigenvalue weighted by Crippen LogP contribution is -2.13. The minimum atomic E-state index is -0.287. The van der Waals surface area contributed by atoms with Gasteiger partial charge < -0.3 is 9.84 Å². The van der Waals surface area contributed by atoms with E-state index in [0.29, 0.717) is 39.3 Å². The first-order chi connectivity index (χ1) is 13.8. The molecule has 3 aromatic heterocycles. The number of nitrogens with zero attached hydrogens (tertiary/aromatic N) is 2. The number of carbonyl (C=O) groups is 2. The van der Waals surface area contributed by atoms with Crippen molar-refractivity contribution < 1.29 is 14.1 Å². The van der Waals surface area contributed by atoms with Gasteiger partial charge in [-0.15, -0.1) is 11.3 Å². The Kier molecular flexibility index (Phi) is 4.76. The fourth-order valence-electron chi connectivity index (χ4n) is 3.28. The molecule has 1 N–H and O–H groups in total. The normalized spacial score (nSPS) is 11.0. The van der Waals surface area contributed by atoms with Crippen molar-refractivity contribution in [1.82, 2.24) is 10.1 Å². The van der Waals surface area contributed by atoms with E-state index in [1.165, 1.54) is 11.8 Å². The van der Waals surface area contributed by atoms with Gasteiger partial charge in [0.1, 0.15) is 0 Å². The van der Waals surface area contributed by atoms with Gasteiger partial charge in [-0.25, -0.2) is 4.98 Å². The number of Topliss-reactive ketones (excluding diaryl/α,β-unsaturated/α-hetero) is 1. The second-order valence-corrected chi connectivity index (χ2v) is 8.38. The van der Waals surface area contributed by atoms with Crippen LogP contribution in [0.15, 0.2) is 40.9 Å². The number of pyridine rings is 1. The molecule has 0 saturated carbocycles. The molecule has 0 fully saturated rings. The van der Waals surface area contributed by atoms with E-state index in [4.69, 9.17) is 4.52 Å². The van der Waals surface area contributed by atoms with Gasteiger partial charge in [-0.1, -0.05) is 5.16 Å². The Labute approximate surface area is 171 Å². The Hall–Kier alpha value is -3.32. The molecule has 0 bridgehead atoms. The highest BCUT2D eigenvalue weighted by Crippen LogP contribution is 2.33. The summed E-state index contributed by atoms with van der Waals surface area (Å²) in [7, 11) is 0. The third kappa shape index (κ3) is 3.56. The van der Waals surface area contributed by atoms with Gasteiger partial charge in [0.05, 0.1) is 22.3 Å². The summed E-state index contributed by atoms with van der Waals surface area (Å²) in [4.78, 5) is 31.4. The van der Waals surface area contributed by atoms with E-state index in [-0.39, 0.29) is 11.7 Å². The zero-order chi connectivity index (χ0) is 20.7. The van der Waals surface area contributed by atoms with Crippen LogP contribution in [0.2, 0.25) is 0 Å². The molecule has 0 atom stereocenters. The van der Waals surface area contributed by atoms with Crippen molar-refractivity contribution in [2.45, 2.75) is 27.7 Å². The van der Waals surface area contributed by atoms with Crippen molar-refractivity contribution in [1.29, 1.82) is 0 Å². The number of fused-ring (bicyclic) bond motifs is 1. The third-order valence-corrected chi connectivity index (χ3v) is 5.69. The number of thiophene rings is 1. The number of hydrogen-bond donors (Lipinski definition) is 1. The molecular formula is C22H19N3O3S. The number of nitrogens with one attached hydrogen (secondary N) is 1. The first-order valence-electron chi connectivity index (χ1n) is 9.10. The molecule has 0 unspecified atom stereocenters. The largest absolute Gasteiger partial charge is 0.335 e. The van der Waals surface area contributed by atoms with Crippen LogP contribution in [0.3, 0.4) is 0 Å². The summed E-state index contributed by atoms with van der Waals surface area (Å²) in [5.41, 5.74) is 4.23. The van der Waals surface area contributed by atoms with E-state index in [0.717, 1.165) is 10.4 Å². The summed E-state index contributed by atoms with van der Waals surface area (Å²) >= 11 is 1.68. The molecule has 4 rings (SSSR count). The molecule has 29 heavy (non-hydrogen) atoms. The first-order valence-corrected chi connectivity index (χ1v) is 9.92. The predicted molar refractivity (Wildman–Crippen MR) is 114 cm³/mol. The molecular weight excluding hydrogens is 386 g/mol. The van der Waals surface area contributed by atoms with Gasteiger partial charge in [-0.3, -0.25) is 9.59 Å². The van der Waals surface area contributed by atoms with E-state index in [2.05, 4.69) is 21.5 Å². The average Bonchev–Trinajstić information content (AvgIpc) is 3.23. The number of aryl methyl sites for hydroxylation is 3. The van der Waals surface area contributed by atoms with Gasteiger partial charge in [0.25, 0.3) is 11.6 Å². The van der Waals surface area contributed by atoms with Crippen LogP contribution >= 0.6 is 11.3 Å². The van der Waals surface area contributed by atoms with Gasteiger partial charge in [0.2, 0.25) is 0 Å². The van der Waals surface area contributed by atoms with Crippen molar-refractivity contribution in [3.8, 4) is 11.3 Å². The molecule has 0 spiro atoms. The van der Waals surface area contributed by atoms with Crippen molar-refractivity contribution in [3.05, 3.63) is 63.0 Å². The van der Waals surface area contributed by atoms with E-state index in [9.17, 15) is 9.59 Å². The zero-order valence-electron chi connectivity index (χ0n) is 16.5. The zero-order valence-corrected chi connectivity index (χ0v) is 17.3. The highest BCUT2D eigenvalue weighted by atomic mass is 32.1. The summed E-state index contributed by atoms with van der Waals surface area (Å²) in [6.07, 6.45) is 0. The Morgan fingerprint density at radius 2 is 1.79 bits per heavy atom. The minimum Gasteiger partial charge on any atom is -0.335 e. The quantitative estimate of drug-likeness (QED) is 0.464. The Morgan fingerprint density at radius 1 is 1.07 bits per heavy atom. The van der Waals surface area contributed by atoms with Gasteiger partial charge >= 0.3 is 0 Å². The summed E-state index contributed by atoms with van der Waals surface area (Å²) in [5.74, 6) is -0.310. The van der Waals surface area contributed by atoms with Crippen LogP contribution in [-0.2, 0) is 0 Å². The molecule has 1 aromatic carbocycles. The van der Waals surface area contributed by atoms with E-state index in [1.54, 1.807) is 48.6 Å². The Balaban J connectivity index is 1.77. The number of amides is 1. The van der Waals surface area contributed by atoms with Crippen LogP contribution in [0.4, 0.5) is 5.69 Å². The molecule has 0 aliphatic carbocycles. The van der Waals surface area contributed by atoms with Crippen LogP contribution in [-0.4, -0.2) is 21.8 Å². The lowest BCUT2D eigenvalue weighted by molar-refractivity contribution is 0.101. The maximum Gasteiger partial charge on any atom is 0.259 e. The summed E-state index contributed by atoms with van der Waals surface area (Å²) in [6, 6.07) is 10.6. The monoisotopic (exact) mass is 405 g/mol. The molecule has 7 heteroatoms. The highest BCUT2D eigenvalue weighted by molar-refractivity contribution is 7.12. The SMILES string of the molecule is CC(=O)c1ccc(NC(=O)c2cc(-c3cc(C)sc3C)nc3onc(C)c23)cc1. The summed E-state index contributed by atoms with van der Waals surface area (Å²) < 4.78 is 5.37. The highest BCUT2D eigenvalue weighted by Gasteiger charge is 2.20. The second kappa shape index (κ2) is 7.25. The van der Waals surface area contributed by atoms with Crippen LogP contribution < -0.4 is 5.32 Å². The summed E-state index contributed by atoms with van der Waals surface area (Å²) in [6.45, 7) is 7.36. The van der Waals surface area contributed by atoms with E-state index in [1.807, 2.05) is 13.8 Å². The number of benzene rings is 1. The fraction of sp³-hybridized carbons (Fsp3) is 0.182. The number of carbonyl (C=O) groups excluding carboxylic acids is 2. The number of rotatable bonds is 4. The maximum atomic E-state index is 13.1. The van der Waals surface area contributed by atoms with E-state index < -0.39 is 0 Å². The Morgan fingerprint density at radius 3 is 2.41 bits per heavy atom. The predicted octanol–water partition coefficient (Wildman–Crippen LogP) is 5.33. The maximum absolute atomic E-state index is 13.1. The van der Waals surface area contributed by atoms with Crippen LogP contribution in [0, 0.1) is 20.8 Å². The van der Waals surface area contributed by atoms with Crippen molar-refractivity contribution >= 4 is 39.8 Å². The molecule has 1 amide bonds. The summed E-state index contributed by atoms with van der Waals surface area (Å²) in [5, 5.41) is 7.47. The fourth-order valence-corrected chi connectivity index (χ4v) is 4.22. The first kappa shape index (κ1) is 19.0. The van der Waals surface area contributed by atoms with Gasteiger partial charge in [0, 0.05) is 26.6 Å². The molecule has 4 aromatic rings. The molecule has 0 aliphatic heterocycles. The molecule has 0 saturated heterocycles. The minimum absolute atomic E-state index is 0.0233. The molecule has 6 nitrogen and oxygen atoms in total. The van der Waals surface area contributed by atoms with Crippen molar-refractivity contribution in [2.75, 3.05) is 5.32 Å². The second-order valence-electron chi connectivity index (χ2n) is 6.92. The van der Waals surface area contributed by atoms with Crippen LogP contribution in [0.25, 0.3) is 22.4 Å². The smallest absolute Gasteiger partial charge is 0.259 e. The number of ketones is 1. The molecule has 0 aliphatic rings. The molecule has 146 valence electrons. The van der Waals surface area contributed by atoms with Crippen molar-refractivity contribution in [3.63, 3.8) is 0 Å². The number of hydrogen-bond acceptors (Lipinski definition) is 6. The number of aromatic nitrogens is 2. The topological polar surface area (TPSA) is 85.1 Å². The Bertz CT molecular complexity index is 1250. The van der Waals surface area contributed by atoms with Crippen LogP contribution in [0.5, 0.6) is 0 Å². The standard InChI is InChI=1S/C22H19N3O3S/c1-11-9-17(14(4)29-11)19-10-18(20-12(2)25-28-22(20)24-19)21(27)23-16-7-5-15(6-8-16)13(3)26/h5-10H,1-4H3,(H,23,27). The van der Waals surface area contributed by atoms with E-state index >= 15 is 0 Å². The molecule has 0 radical (unpaired) electrons. The third-order valence-electron chi connectivity index (χ3n) is 4.73. The lowest BCUT2D eigenvalue weighted by Gasteiger charge is -2.09. The van der Waals surface area contributed by atoms with Gasteiger partial charge in [-0.05, 0) is 64.1 Å². The van der Waals surface area contributed by atoms with Crippen LogP contribution in [0.1, 0.15) is 43.1 Å². The lowest BCUT2D eigenvalue weighted by atomic mass is 10.1. The average molecular weight is 405 g/mol. The molecule has 3 heterocycles. The van der Waals surface area contributed by atoms with Gasteiger partial charge in [0.15, 0.2) is 5.78 Å². The van der Waals surface area contributed by atoms with Crippen molar-refractivity contribution in [2.24, 2.45) is 0 Å². The number of anilines is 1. The van der Waals surface area contributed by atoms with Gasteiger partial charge in [-0.2, -0.15) is 0 Å².